The molecule has 0 amide bonds. The molecule has 0 heterocycles. The average Bonchev–Trinajstić information content (AvgIpc) is 3.69. The van der Waals surface area contributed by atoms with Crippen molar-refractivity contribution in [3.63, 3.8) is 0 Å². The summed E-state index contributed by atoms with van der Waals surface area (Å²) in [7, 11) is -9.90. The summed E-state index contributed by atoms with van der Waals surface area (Å²) in [5.41, 5.74) is 0. The number of phosphoric acid groups is 2. The first-order valence-electron chi connectivity index (χ1n) is 36.5. The van der Waals surface area contributed by atoms with Crippen LogP contribution in [0.25, 0.3) is 0 Å². The van der Waals surface area contributed by atoms with Crippen LogP contribution in [0.4, 0.5) is 0 Å². The molecule has 17 nitrogen and oxygen atoms in total. The van der Waals surface area contributed by atoms with Gasteiger partial charge in [0.2, 0.25) is 0 Å². The van der Waals surface area contributed by atoms with Gasteiger partial charge in [0.05, 0.1) is 26.4 Å². The molecular formula is C70H136O17P2. The van der Waals surface area contributed by atoms with E-state index in [0.29, 0.717) is 25.7 Å². The van der Waals surface area contributed by atoms with Crippen LogP contribution in [-0.2, 0) is 65.4 Å². The van der Waals surface area contributed by atoms with Crippen molar-refractivity contribution >= 4 is 39.5 Å². The summed E-state index contributed by atoms with van der Waals surface area (Å²) < 4.78 is 68.3. The van der Waals surface area contributed by atoms with Gasteiger partial charge in [-0.1, -0.05) is 299 Å². The van der Waals surface area contributed by atoms with Crippen molar-refractivity contribution in [1.82, 2.24) is 0 Å². The van der Waals surface area contributed by atoms with E-state index >= 15 is 0 Å². The van der Waals surface area contributed by atoms with Crippen molar-refractivity contribution < 1.29 is 80.2 Å². The quantitative estimate of drug-likeness (QED) is 0.0222. The number of esters is 4. The first kappa shape index (κ1) is 87.1. The van der Waals surface area contributed by atoms with Gasteiger partial charge in [-0.3, -0.25) is 37.3 Å². The second-order valence-corrected chi connectivity index (χ2v) is 28.9. The van der Waals surface area contributed by atoms with E-state index in [1.54, 1.807) is 0 Å². The van der Waals surface area contributed by atoms with Gasteiger partial charge in [0.1, 0.15) is 19.3 Å². The SMILES string of the molecule is CCCCCCCCCCCCCCCC(=O)OC[C@H](COP(=O)(O)OC[C@@H](O)COP(=O)(O)OC[C@@H](COC(=O)CCCCCCCCC(C)CC)OC(=O)CCCCCCCCCCC(C)CC)OC(=O)CCCCCCCCCCCCC(C)CC. The summed E-state index contributed by atoms with van der Waals surface area (Å²) in [5, 5.41) is 10.6. The highest BCUT2D eigenvalue weighted by Crippen LogP contribution is 2.45. The van der Waals surface area contributed by atoms with Gasteiger partial charge in [-0.25, -0.2) is 9.13 Å². The molecule has 0 radical (unpaired) electrons. The maximum Gasteiger partial charge on any atom is 0.472 e. The van der Waals surface area contributed by atoms with Crippen LogP contribution in [0.2, 0.25) is 0 Å². The Bertz CT molecular complexity index is 1760. The van der Waals surface area contributed by atoms with E-state index in [0.717, 1.165) is 114 Å². The predicted octanol–water partition coefficient (Wildman–Crippen LogP) is 19.8. The smallest absolute Gasteiger partial charge is 0.462 e. The average molecular weight is 1310 g/mol. The Balaban J connectivity index is 5.27. The van der Waals surface area contributed by atoms with Crippen molar-refractivity contribution in [2.75, 3.05) is 39.6 Å². The molecule has 8 atom stereocenters. The zero-order valence-corrected chi connectivity index (χ0v) is 59.7. The second kappa shape index (κ2) is 61.0. The minimum absolute atomic E-state index is 0.104. The van der Waals surface area contributed by atoms with Crippen molar-refractivity contribution in [2.24, 2.45) is 17.8 Å². The number of phosphoric ester groups is 2. The maximum absolute atomic E-state index is 13.0. The Morgan fingerprint density at radius 1 is 0.315 bits per heavy atom. The van der Waals surface area contributed by atoms with E-state index in [-0.39, 0.29) is 25.7 Å². The number of hydrogen-bond donors (Lipinski definition) is 3. The summed E-state index contributed by atoms with van der Waals surface area (Å²) in [6.45, 7) is 11.8. The third-order valence-corrected chi connectivity index (χ3v) is 19.1. The molecule has 0 bridgehead atoms. The third kappa shape index (κ3) is 60.7. The van der Waals surface area contributed by atoms with Gasteiger partial charge in [0, 0.05) is 25.7 Å². The highest BCUT2D eigenvalue weighted by molar-refractivity contribution is 7.47. The Morgan fingerprint density at radius 3 is 0.798 bits per heavy atom. The van der Waals surface area contributed by atoms with Gasteiger partial charge in [-0.05, 0) is 43.4 Å². The number of carbonyl (C=O) groups excluding carboxylic acids is 4. The molecule has 0 fully saturated rings. The van der Waals surface area contributed by atoms with Gasteiger partial charge in [-0.2, -0.15) is 0 Å². The Labute approximate surface area is 543 Å². The summed E-state index contributed by atoms with van der Waals surface area (Å²) in [4.78, 5) is 72.6. The molecule has 19 heteroatoms. The van der Waals surface area contributed by atoms with Gasteiger partial charge in [0.15, 0.2) is 12.2 Å². The lowest BCUT2D eigenvalue weighted by atomic mass is 9.99. The molecule has 0 aliphatic heterocycles. The number of aliphatic hydroxyl groups excluding tert-OH is 1. The van der Waals surface area contributed by atoms with E-state index in [1.807, 2.05) is 0 Å². The molecule has 0 spiro atoms. The van der Waals surface area contributed by atoms with Crippen LogP contribution in [0.5, 0.6) is 0 Å². The van der Waals surface area contributed by atoms with Crippen LogP contribution >= 0.6 is 15.6 Å². The van der Waals surface area contributed by atoms with E-state index in [4.69, 9.17) is 37.0 Å². The molecule has 0 saturated carbocycles. The minimum Gasteiger partial charge on any atom is -0.462 e. The molecular weight excluding hydrogens is 1170 g/mol. The normalized spacial score (nSPS) is 15.1. The van der Waals surface area contributed by atoms with Crippen molar-refractivity contribution in [3.05, 3.63) is 0 Å². The third-order valence-electron chi connectivity index (χ3n) is 17.2. The summed E-state index contributed by atoms with van der Waals surface area (Å²) in [6, 6.07) is 0. The number of hydrogen-bond acceptors (Lipinski definition) is 15. The largest absolute Gasteiger partial charge is 0.472 e. The number of carbonyl (C=O) groups is 4. The molecule has 528 valence electrons. The molecule has 5 unspecified atom stereocenters. The second-order valence-electron chi connectivity index (χ2n) is 26.0. The van der Waals surface area contributed by atoms with E-state index in [2.05, 4.69) is 48.5 Å². The molecule has 0 aliphatic rings. The standard InChI is InChI=1S/C70H136O17P2/c1-8-12-13-14-15-16-17-18-19-23-29-37-44-51-67(72)80-57-65(86-69(74)53-46-39-30-24-21-20-22-27-34-41-48-61(5)9-2)59-84-88(76,77)82-55-64(71)56-83-89(78,79)85-60-66(58-81-68(73)52-45-38-33-32-36-43-50-63(7)11-4)87-70(75)54-47-40-31-26-25-28-35-42-49-62(6)10-3/h61-66,71H,8-60H2,1-7H3,(H,76,77)(H,78,79)/t61?,62?,63?,64-,65-,66-/m1/s1. The number of rotatable bonds is 68. The topological polar surface area (TPSA) is 237 Å². The van der Waals surface area contributed by atoms with Crippen molar-refractivity contribution in [2.45, 2.75) is 369 Å². The van der Waals surface area contributed by atoms with Crippen LogP contribution in [0.15, 0.2) is 0 Å². The molecule has 0 rings (SSSR count). The lowest BCUT2D eigenvalue weighted by Crippen LogP contribution is -2.30. The lowest BCUT2D eigenvalue weighted by molar-refractivity contribution is -0.161. The van der Waals surface area contributed by atoms with Crippen LogP contribution in [-0.4, -0.2) is 96.7 Å². The monoisotopic (exact) mass is 1310 g/mol. The first-order valence-corrected chi connectivity index (χ1v) is 39.5. The number of unbranched alkanes of at least 4 members (excludes halogenated alkanes) is 33. The highest BCUT2D eigenvalue weighted by Gasteiger charge is 2.30. The number of aliphatic hydroxyl groups is 1. The van der Waals surface area contributed by atoms with E-state index in [9.17, 15) is 43.2 Å². The highest BCUT2D eigenvalue weighted by atomic mass is 31.2. The molecule has 89 heavy (non-hydrogen) atoms. The summed E-state index contributed by atoms with van der Waals surface area (Å²) in [5.74, 6) is 0.176. The fourth-order valence-electron chi connectivity index (χ4n) is 10.4. The lowest BCUT2D eigenvalue weighted by Gasteiger charge is -2.21. The van der Waals surface area contributed by atoms with Gasteiger partial charge < -0.3 is 33.8 Å². The summed E-state index contributed by atoms with van der Waals surface area (Å²) in [6.07, 6.45) is 44.2. The first-order chi connectivity index (χ1) is 42.8. The van der Waals surface area contributed by atoms with Gasteiger partial charge in [0.25, 0.3) is 0 Å². The predicted molar refractivity (Wildman–Crippen MR) is 358 cm³/mol. The molecule has 0 aliphatic carbocycles. The van der Waals surface area contributed by atoms with Gasteiger partial charge >= 0.3 is 39.5 Å². The van der Waals surface area contributed by atoms with Crippen molar-refractivity contribution in [3.8, 4) is 0 Å². The van der Waals surface area contributed by atoms with E-state index in [1.165, 1.54) is 154 Å². The minimum atomic E-state index is -4.95. The maximum atomic E-state index is 13.0. The molecule has 0 aromatic carbocycles. The molecule has 0 aromatic heterocycles. The zero-order valence-electron chi connectivity index (χ0n) is 57.9. The molecule has 0 saturated heterocycles. The fourth-order valence-corrected chi connectivity index (χ4v) is 12.0. The van der Waals surface area contributed by atoms with Crippen LogP contribution in [0.1, 0.15) is 350 Å². The van der Waals surface area contributed by atoms with Crippen molar-refractivity contribution in [1.29, 1.82) is 0 Å². The van der Waals surface area contributed by atoms with E-state index < -0.39 is 97.5 Å². The Morgan fingerprint density at radius 2 is 0.539 bits per heavy atom. The zero-order chi connectivity index (χ0) is 65.9. The molecule has 0 aromatic rings. The van der Waals surface area contributed by atoms with Crippen LogP contribution in [0, 0.1) is 17.8 Å². The Kier molecular flexibility index (Phi) is 59.6. The Hall–Kier alpha value is -1.94. The van der Waals surface area contributed by atoms with Gasteiger partial charge in [-0.15, -0.1) is 0 Å². The summed E-state index contributed by atoms with van der Waals surface area (Å²) >= 11 is 0. The van der Waals surface area contributed by atoms with Crippen LogP contribution in [0.3, 0.4) is 0 Å². The fraction of sp³-hybridized carbons (Fsp3) is 0.943. The number of ether oxygens (including phenoxy) is 4. The molecule has 3 N–H and O–H groups in total. The van der Waals surface area contributed by atoms with Crippen LogP contribution < -0.4 is 0 Å².